The third-order valence-electron chi connectivity index (χ3n) is 8.15. The number of hydrogen-bond acceptors (Lipinski definition) is 7. The van der Waals surface area contributed by atoms with Gasteiger partial charge in [0, 0.05) is 45.3 Å². The van der Waals surface area contributed by atoms with Crippen LogP contribution in [0.2, 0.25) is 0 Å². The molecule has 10 nitrogen and oxygen atoms in total. The maximum absolute atomic E-state index is 13.8. The highest BCUT2D eigenvalue weighted by Gasteiger charge is 2.18. The fraction of sp³-hybridized carbons (Fsp3) is 0.105. The van der Waals surface area contributed by atoms with E-state index in [-0.39, 0.29) is 24.7 Å². The van der Waals surface area contributed by atoms with Gasteiger partial charge < -0.3 is 25.4 Å². The molecule has 2 amide bonds. The van der Waals surface area contributed by atoms with Crippen LogP contribution < -0.4 is 16.0 Å². The summed E-state index contributed by atoms with van der Waals surface area (Å²) in [5.74, 6) is -0.579. The van der Waals surface area contributed by atoms with Gasteiger partial charge in [-0.1, -0.05) is 72.8 Å². The number of H-pyrrole nitrogens is 1. The van der Waals surface area contributed by atoms with Crippen molar-refractivity contribution in [2.24, 2.45) is 0 Å². The maximum atomic E-state index is 13.8. The van der Waals surface area contributed by atoms with Crippen LogP contribution in [0.3, 0.4) is 0 Å². The van der Waals surface area contributed by atoms with Gasteiger partial charge in [-0.05, 0) is 65.4 Å². The van der Waals surface area contributed by atoms with Crippen LogP contribution in [-0.2, 0) is 27.3 Å². The summed E-state index contributed by atoms with van der Waals surface area (Å²) < 4.78 is 34.3. The molecule has 0 unspecified atom stereocenters. The van der Waals surface area contributed by atoms with Gasteiger partial charge in [-0.15, -0.1) is 0 Å². The summed E-state index contributed by atoms with van der Waals surface area (Å²) in [7, 11) is -3.66. The van der Waals surface area contributed by atoms with E-state index in [9.17, 15) is 18.0 Å². The van der Waals surface area contributed by atoms with E-state index >= 15 is 0 Å². The molecule has 0 fully saturated rings. The number of benzene rings is 5. The van der Waals surface area contributed by atoms with Gasteiger partial charge in [-0.25, -0.2) is 0 Å². The molecule has 0 saturated heterocycles. The summed E-state index contributed by atoms with van der Waals surface area (Å²) in [6.45, 7) is 0.476. The molecule has 0 radical (unpaired) electrons. The van der Waals surface area contributed by atoms with Crippen molar-refractivity contribution in [2.75, 3.05) is 28.8 Å². The highest BCUT2D eigenvalue weighted by molar-refractivity contribution is 7.85. The molecule has 0 saturated carbocycles. The van der Waals surface area contributed by atoms with E-state index in [0.29, 0.717) is 34.7 Å². The average molecular weight is 673 g/mol. The zero-order chi connectivity index (χ0) is 34.0. The first-order valence-electron chi connectivity index (χ1n) is 15.6. The molecule has 2 aromatic heterocycles. The highest BCUT2D eigenvalue weighted by Crippen LogP contribution is 2.35. The number of amides is 2. The number of fused-ring (bicyclic) bond motifs is 3. The third-order valence-corrected chi connectivity index (χ3v) is 8.75. The molecule has 0 aliphatic heterocycles. The van der Waals surface area contributed by atoms with Gasteiger partial charge in [0.25, 0.3) is 21.9 Å². The van der Waals surface area contributed by atoms with E-state index in [0.717, 1.165) is 44.6 Å². The predicted molar refractivity (Wildman–Crippen MR) is 193 cm³/mol. The van der Waals surface area contributed by atoms with Crippen LogP contribution in [-0.4, -0.2) is 38.1 Å². The van der Waals surface area contributed by atoms with Gasteiger partial charge in [-0.3, -0.25) is 13.8 Å². The first-order chi connectivity index (χ1) is 23.7. The van der Waals surface area contributed by atoms with Gasteiger partial charge in [0.2, 0.25) is 0 Å². The van der Waals surface area contributed by atoms with E-state index < -0.39 is 16.0 Å². The van der Waals surface area contributed by atoms with Crippen LogP contribution >= 0.6 is 0 Å². The molecule has 5 aromatic carbocycles. The quantitative estimate of drug-likeness (QED) is 0.103. The fourth-order valence-corrected chi connectivity index (χ4v) is 6.25. The Morgan fingerprint density at radius 1 is 0.755 bits per heavy atom. The SMILES string of the molecule is CS(=O)(=O)OCCc1c(NC(=O)c2cc3cc(NC(=O)c4cc5ccccc5o4)ccc3[nH]2)cc(NCc2ccccc2)c2ccccc12. The van der Waals surface area contributed by atoms with Crippen molar-refractivity contribution in [1.82, 2.24) is 4.98 Å². The molecule has 0 aliphatic carbocycles. The number of anilines is 3. The highest BCUT2D eigenvalue weighted by atomic mass is 32.2. The number of para-hydroxylation sites is 1. The second-order valence-electron chi connectivity index (χ2n) is 11.7. The number of furan rings is 1. The third kappa shape index (κ3) is 7.18. The van der Waals surface area contributed by atoms with Crippen molar-refractivity contribution in [3.05, 3.63) is 138 Å². The Bertz CT molecular complexity index is 2420. The zero-order valence-corrected chi connectivity index (χ0v) is 27.3. The molecule has 0 aliphatic rings. The Hall–Kier alpha value is -5.91. The lowest BCUT2D eigenvalue weighted by atomic mass is 9.98. The largest absolute Gasteiger partial charge is 0.451 e. The van der Waals surface area contributed by atoms with Crippen LogP contribution in [0.25, 0.3) is 32.6 Å². The molecule has 246 valence electrons. The van der Waals surface area contributed by atoms with Crippen LogP contribution in [0.1, 0.15) is 32.2 Å². The molecule has 2 heterocycles. The second kappa shape index (κ2) is 13.3. The number of aromatic amines is 1. The number of aromatic nitrogens is 1. The molecule has 7 rings (SSSR count). The standard InChI is InChI=1S/C38H32N4O6S/c1-49(45,46)47-18-17-30-28-12-6-7-13-29(28)32(39-23-24-9-3-2-4-10-24)22-33(30)42-37(43)34-20-26-19-27(15-16-31(26)41-34)40-38(44)36-21-25-11-5-8-14-35(25)48-36/h2-16,19-22,39,41H,17-18,23H2,1H3,(H,40,44)(H,42,43). The molecule has 4 N–H and O–H groups in total. The first kappa shape index (κ1) is 31.7. The number of hydrogen-bond donors (Lipinski definition) is 4. The monoisotopic (exact) mass is 672 g/mol. The lowest BCUT2D eigenvalue weighted by Crippen LogP contribution is -2.15. The summed E-state index contributed by atoms with van der Waals surface area (Å²) in [6, 6.07) is 35.7. The Labute approximate surface area is 282 Å². The number of carbonyl (C=O) groups is 2. The zero-order valence-electron chi connectivity index (χ0n) is 26.4. The van der Waals surface area contributed by atoms with Gasteiger partial charge >= 0.3 is 0 Å². The van der Waals surface area contributed by atoms with Crippen molar-refractivity contribution in [3.8, 4) is 0 Å². The number of carbonyl (C=O) groups excluding carboxylic acids is 2. The molecular formula is C38H32N4O6S. The summed E-state index contributed by atoms with van der Waals surface area (Å²) >= 11 is 0. The Morgan fingerprint density at radius 3 is 2.31 bits per heavy atom. The molecule has 11 heteroatoms. The normalized spacial score (nSPS) is 11.6. The molecule has 0 bridgehead atoms. The van der Waals surface area contributed by atoms with Crippen LogP contribution in [0.5, 0.6) is 0 Å². The predicted octanol–water partition coefficient (Wildman–Crippen LogP) is 7.70. The lowest BCUT2D eigenvalue weighted by Gasteiger charge is -2.18. The van der Waals surface area contributed by atoms with Crippen molar-refractivity contribution in [2.45, 2.75) is 13.0 Å². The van der Waals surface area contributed by atoms with Crippen molar-refractivity contribution in [1.29, 1.82) is 0 Å². The van der Waals surface area contributed by atoms with Gasteiger partial charge in [0.15, 0.2) is 5.76 Å². The average Bonchev–Trinajstić information content (AvgIpc) is 3.73. The van der Waals surface area contributed by atoms with E-state index in [4.69, 9.17) is 8.60 Å². The summed E-state index contributed by atoms with van der Waals surface area (Å²) in [5, 5.41) is 12.8. The minimum absolute atomic E-state index is 0.0859. The minimum atomic E-state index is -3.66. The van der Waals surface area contributed by atoms with Crippen LogP contribution in [0.15, 0.2) is 120 Å². The molecular weight excluding hydrogens is 641 g/mol. The maximum Gasteiger partial charge on any atom is 0.291 e. The first-order valence-corrected chi connectivity index (χ1v) is 17.4. The van der Waals surface area contributed by atoms with Crippen molar-refractivity contribution in [3.63, 3.8) is 0 Å². The van der Waals surface area contributed by atoms with E-state index in [1.807, 2.05) is 78.9 Å². The van der Waals surface area contributed by atoms with Crippen LogP contribution in [0, 0.1) is 0 Å². The number of nitrogens with one attached hydrogen (secondary N) is 4. The van der Waals surface area contributed by atoms with Crippen molar-refractivity contribution >= 4 is 71.6 Å². The summed E-state index contributed by atoms with van der Waals surface area (Å²) in [6.07, 6.45) is 1.25. The lowest BCUT2D eigenvalue weighted by molar-refractivity contribution is 0.0996. The van der Waals surface area contributed by atoms with Gasteiger partial charge in [0.05, 0.1) is 12.9 Å². The van der Waals surface area contributed by atoms with Crippen molar-refractivity contribution < 1.29 is 26.6 Å². The molecule has 0 spiro atoms. The van der Waals surface area contributed by atoms with E-state index in [2.05, 4.69) is 20.9 Å². The fourth-order valence-electron chi connectivity index (χ4n) is 5.86. The summed E-state index contributed by atoms with van der Waals surface area (Å²) in [5.41, 5.74) is 5.34. The molecule has 7 aromatic rings. The Balaban J connectivity index is 1.16. The van der Waals surface area contributed by atoms with E-state index in [1.54, 1.807) is 36.4 Å². The molecule has 49 heavy (non-hydrogen) atoms. The molecule has 0 atom stereocenters. The van der Waals surface area contributed by atoms with E-state index in [1.165, 1.54) is 0 Å². The summed E-state index contributed by atoms with van der Waals surface area (Å²) in [4.78, 5) is 29.8. The van der Waals surface area contributed by atoms with Crippen LogP contribution in [0.4, 0.5) is 17.1 Å². The Morgan fingerprint density at radius 2 is 1.51 bits per heavy atom. The number of rotatable bonds is 11. The van der Waals surface area contributed by atoms with Gasteiger partial charge in [0.1, 0.15) is 11.3 Å². The topological polar surface area (TPSA) is 143 Å². The second-order valence-corrected chi connectivity index (χ2v) is 13.3. The Kier molecular flexibility index (Phi) is 8.60. The minimum Gasteiger partial charge on any atom is -0.451 e. The van der Waals surface area contributed by atoms with Gasteiger partial charge in [-0.2, -0.15) is 8.42 Å². The smallest absolute Gasteiger partial charge is 0.291 e.